The first kappa shape index (κ1) is 23.8. The van der Waals surface area contributed by atoms with Gasteiger partial charge in [-0.15, -0.1) is 0 Å². The summed E-state index contributed by atoms with van der Waals surface area (Å²) < 4.78 is 11.3. The standard InChI is InChI=1S/C30H31N3O3/c1-35-20-10-18-32(29(34)25-14-6-3-7-15-25)22-27-28(24-12-4-2-5-13-24)31-36-30(27)33-19-17-23-11-8-9-16-26(23)21-33/h2-9,11-16H,10,17-22H2,1H3. The van der Waals surface area contributed by atoms with Gasteiger partial charge in [0.05, 0.1) is 12.1 Å². The average molecular weight is 482 g/mol. The molecule has 0 bridgehead atoms. The van der Waals surface area contributed by atoms with E-state index in [2.05, 4.69) is 34.3 Å². The number of hydrogen-bond donors (Lipinski definition) is 0. The SMILES string of the molecule is COCCCN(Cc1c(-c2ccccc2)noc1N1CCc2ccccc2C1)C(=O)c1ccccc1. The van der Waals surface area contributed by atoms with E-state index in [9.17, 15) is 4.79 Å². The number of carbonyl (C=O) groups is 1. The minimum atomic E-state index is -0.0122. The molecule has 1 aliphatic rings. The molecule has 0 aliphatic carbocycles. The van der Waals surface area contributed by atoms with E-state index >= 15 is 0 Å². The zero-order chi connectivity index (χ0) is 24.7. The van der Waals surface area contributed by atoms with Gasteiger partial charge in [-0.05, 0) is 36.1 Å². The minimum absolute atomic E-state index is 0.0122. The van der Waals surface area contributed by atoms with Crippen LogP contribution in [0, 0.1) is 0 Å². The van der Waals surface area contributed by atoms with Crippen molar-refractivity contribution >= 4 is 11.8 Å². The van der Waals surface area contributed by atoms with Gasteiger partial charge in [-0.25, -0.2) is 0 Å². The lowest BCUT2D eigenvalue weighted by Gasteiger charge is -2.30. The van der Waals surface area contributed by atoms with Gasteiger partial charge in [-0.2, -0.15) is 0 Å². The van der Waals surface area contributed by atoms with Gasteiger partial charge in [0.2, 0.25) is 5.88 Å². The highest BCUT2D eigenvalue weighted by atomic mass is 16.5. The molecule has 1 aromatic heterocycles. The highest BCUT2D eigenvalue weighted by Crippen LogP contribution is 2.35. The third-order valence-electron chi connectivity index (χ3n) is 6.67. The number of ether oxygens (including phenoxy) is 1. The Kier molecular flexibility index (Phi) is 7.43. The Morgan fingerprint density at radius 2 is 1.67 bits per heavy atom. The monoisotopic (exact) mass is 481 g/mol. The fourth-order valence-corrected chi connectivity index (χ4v) is 4.79. The number of aromatic nitrogens is 1. The number of methoxy groups -OCH3 is 1. The maximum atomic E-state index is 13.6. The van der Waals surface area contributed by atoms with Crippen molar-refractivity contribution in [1.82, 2.24) is 10.1 Å². The van der Waals surface area contributed by atoms with Crippen LogP contribution in [0.1, 0.15) is 33.5 Å². The molecule has 36 heavy (non-hydrogen) atoms. The highest BCUT2D eigenvalue weighted by Gasteiger charge is 2.28. The van der Waals surface area contributed by atoms with Crippen LogP contribution >= 0.6 is 0 Å². The molecule has 184 valence electrons. The number of rotatable bonds is 9. The Morgan fingerprint density at radius 3 is 2.42 bits per heavy atom. The molecular formula is C30H31N3O3. The summed E-state index contributed by atoms with van der Waals surface area (Å²) in [7, 11) is 1.68. The topological polar surface area (TPSA) is 58.8 Å². The van der Waals surface area contributed by atoms with E-state index in [1.807, 2.05) is 65.6 Å². The van der Waals surface area contributed by atoms with Crippen LogP contribution in [-0.4, -0.2) is 42.8 Å². The first-order valence-corrected chi connectivity index (χ1v) is 12.4. The second kappa shape index (κ2) is 11.2. The summed E-state index contributed by atoms with van der Waals surface area (Å²) in [4.78, 5) is 17.7. The third kappa shape index (κ3) is 5.19. The van der Waals surface area contributed by atoms with Crippen LogP contribution in [0.4, 0.5) is 5.88 Å². The summed E-state index contributed by atoms with van der Waals surface area (Å²) in [6.07, 6.45) is 1.69. The molecule has 0 spiro atoms. The smallest absolute Gasteiger partial charge is 0.254 e. The molecule has 0 atom stereocenters. The van der Waals surface area contributed by atoms with E-state index in [0.29, 0.717) is 25.3 Å². The van der Waals surface area contributed by atoms with Crippen LogP contribution in [0.15, 0.2) is 89.5 Å². The largest absolute Gasteiger partial charge is 0.385 e. The predicted octanol–water partition coefficient (Wildman–Crippen LogP) is 5.58. The van der Waals surface area contributed by atoms with Crippen molar-refractivity contribution in [3.63, 3.8) is 0 Å². The van der Waals surface area contributed by atoms with E-state index in [-0.39, 0.29) is 5.91 Å². The normalized spacial score (nSPS) is 12.9. The maximum Gasteiger partial charge on any atom is 0.254 e. The quantitative estimate of drug-likeness (QED) is 0.292. The van der Waals surface area contributed by atoms with E-state index in [4.69, 9.17) is 9.26 Å². The summed E-state index contributed by atoms with van der Waals surface area (Å²) in [5.41, 5.74) is 6.03. The molecule has 0 N–H and O–H groups in total. The lowest BCUT2D eigenvalue weighted by molar-refractivity contribution is 0.0724. The minimum Gasteiger partial charge on any atom is -0.385 e. The lowest BCUT2D eigenvalue weighted by Crippen LogP contribution is -2.34. The summed E-state index contributed by atoms with van der Waals surface area (Å²) in [6, 6.07) is 28.0. The number of hydrogen-bond acceptors (Lipinski definition) is 5. The molecule has 6 nitrogen and oxygen atoms in total. The molecule has 6 heteroatoms. The zero-order valence-corrected chi connectivity index (χ0v) is 20.6. The predicted molar refractivity (Wildman–Crippen MR) is 141 cm³/mol. The van der Waals surface area contributed by atoms with Crippen LogP contribution in [0.3, 0.4) is 0 Å². The summed E-state index contributed by atoms with van der Waals surface area (Å²) in [5, 5.41) is 4.52. The average Bonchev–Trinajstić information content (AvgIpc) is 3.36. The Labute approximate surface area is 212 Å². The number of benzene rings is 3. The molecule has 4 aromatic rings. The van der Waals surface area contributed by atoms with Crippen molar-refractivity contribution in [2.45, 2.75) is 25.9 Å². The molecule has 0 saturated carbocycles. The summed E-state index contributed by atoms with van der Waals surface area (Å²) in [5.74, 6) is 0.725. The van der Waals surface area contributed by atoms with Crippen LogP contribution in [0.5, 0.6) is 0 Å². The fourth-order valence-electron chi connectivity index (χ4n) is 4.79. The second-order valence-electron chi connectivity index (χ2n) is 9.06. The molecule has 5 rings (SSSR count). The molecule has 3 aromatic carbocycles. The number of carbonyl (C=O) groups excluding carboxylic acids is 1. The molecule has 1 aliphatic heterocycles. The summed E-state index contributed by atoms with van der Waals surface area (Å²) in [6.45, 7) is 3.15. The molecular weight excluding hydrogens is 450 g/mol. The number of amides is 1. The van der Waals surface area contributed by atoms with Gasteiger partial charge >= 0.3 is 0 Å². The Morgan fingerprint density at radius 1 is 0.972 bits per heavy atom. The van der Waals surface area contributed by atoms with Gasteiger partial charge in [0.25, 0.3) is 5.91 Å². The Bertz CT molecular complexity index is 1290. The van der Waals surface area contributed by atoms with Gasteiger partial charge in [0.15, 0.2) is 0 Å². The molecule has 0 radical (unpaired) electrons. The molecule has 0 saturated heterocycles. The van der Waals surface area contributed by atoms with Gasteiger partial charge in [0, 0.05) is 44.5 Å². The van der Waals surface area contributed by atoms with Gasteiger partial charge < -0.3 is 19.1 Å². The van der Waals surface area contributed by atoms with Crippen LogP contribution in [0.2, 0.25) is 0 Å². The number of fused-ring (bicyclic) bond motifs is 1. The van der Waals surface area contributed by atoms with Crippen molar-refractivity contribution in [3.8, 4) is 11.3 Å². The molecule has 0 fully saturated rings. The summed E-state index contributed by atoms with van der Waals surface area (Å²) >= 11 is 0. The maximum absolute atomic E-state index is 13.6. The van der Waals surface area contributed by atoms with Crippen molar-refractivity contribution in [3.05, 3.63) is 107 Å². The molecule has 1 amide bonds. The van der Waals surface area contributed by atoms with E-state index in [0.717, 1.165) is 48.6 Å². The second-order valence-corrected chi connectivity index (χ2v) is 9.06. The zero-order valence-electron chi connectivity index (χ0n) is 20.6. The van der Waals surface area contributed by atoms with E-state index in [1.165, 1.54) is 11.1 Å². The third-order valence-corrected chi connectivity index (χ3v) is 6.67. The van der Waals surface area contributed by atoms with Crippen molar-refractivity contribution in [2.75, 3.05) is 31.7 Å². The lowest BCUT2D eigenvalue weighted by atomic mass is 9.99. The fraction of sp³-hybridized carbons (Fsp3) is 0.267. The Hall–Kier alpha value is -3.90. The number of anilines is 1. The first-order chi connectivity index (χ1) is 17.7. The van der Waals surface area contributed by atoms with Crippen molar-refractivity contribution in [2.24, 2.45) is 0 Å². The van der Waals surface area contributed by atoms with Gasteiger partial charge in [0.1, 0.15) is 5.69 Å². The van der Waals surface area contributed by atoms with Crippen LogP contribution in [0.25, 0.3) is 11.3 Å². The van der Waals surface area contributed by atoms with Crippen LogP contribution in [-0.2, 0) is 24.2 Å². The van der Waals surface area contributed by atoms with Gasteiger partial charge in [-0.3, -0.25) is 4.79 Å². The van der Waals surface area contributed by atoms with Crippen molar-refractivity contribution in [1.29, 1.82) is 0 Å². The highest BCUT2D eigenvalue weighted by molar-refractivity contribution is 5.94. The van der Waals surface area contributed by atoms with E-state index in [1.54, 1.807) is 7.11 Å². The Balaban J connectivity index is 1.51. The molecule has 2 heterocycles. The molecule has 0 unspecified atom stereocenters. The first-order valence-electron chi connectivity index (χ1n) is 12.4. The van der Waals surface area contributed by atoms with Gasteiger partial charge in [-0.1, -0.05) is 78.0 Å². The van der Waals surface area contributed by atoms with Crippen molar-refractivity contribution < 1.29 is 14.1 Å². The van der Waals surface area contributed by atoms with Crippen LogP contribution < -0.4 is 4.90 Å². The number of nitrogens with zero attached hydrogens (tertiary/aromatic N) is 3. The van der Waals surface area contributed by atoms with E-state index < -0.39 is 0 Å².